The van der Waals surface area contributed by atoms with Gasteiger partial charge in [-0.25, -0.2) is 9.59 Å². The van der Waals surface area contributed by atoms with E-state index >= 15 is 0 Å². The summed E-state index contributed by atoms with van der Waals surface area (Å²) in [5.74, 6) is -0.383. The van der Waals surface area contributed by atoms with Crippen LogP contribution in [-0.2, 0) is 20.7 Å². The number of likely N-dealkylation sites (tertiary alicyclic amines) is 1. The summed E-state index contributed by atoms with van der Waals surface area (Å²) in [6.45, 7) is 5.46. The van der Waals surface area contributed by atoms with Gasteiger partial charge in [0.1, 0.15) is 11.6 Å². The first-order valence-electron chi connectivity index (χ1n) is 7.95. The van der Waals surface area contributed by atoms with Crippen LogP contribution in [0.5, 0.6) is 0 Å². The highest BCUT2D eigenvalue weighted by Crippen LogP contribution is 2.29. The minimum absolute atomic E-state index is 0.0589. The highest BCUT2D eigenvalue weighted by atomic mass is 16.6. The van der Waals surface area contributed by atoms with Crippen LogP contribution in [0.4, 0.5) is 4.79 Å². The molecule has 2 atom stereocenters. The zero-order valence-electron chi connectivity index (χ0n) is 14.2. The Bertz CT molecular complexity index is 550. The van der Waals surface area contributed by atoms with E-state index in [9.17, 15) is 9.59 Å². The Kier molecular flexibility index (Phi) is 5.29. The van der Waals surface area contributed by atoms with E-state index in [1.165, 1.54) is 7.11 Å². The average Bonchev–Trinajstić information content (AvgIpc) is 2.89. The van der Waals surface area contributed by atoms with E-state index in [1.807, 2.05) is 51.1 Å². The van der Waals surface area contributed by atoms with Crippen molar-refractivity contribution < 1.29 is 19.1 Å². The van der Waals surface area contributed by atoms with Crippen molar-refractivity contribution in [2.45, 2.75) is 57.7 Å². The lowest BCUT2D eigenvalue weighted by Gasteiger charge is -2.31. The van der Waals surface area contributed by atoms with Gasteiger partial charge in [-0.05, 0) is 45.6 Å². The number of ether oxygens (including phenoxy) is 2. The summed E-state index contributed by atoms with van der Waals surface area (Å²) < 4.78 is 10.3. The van der Waals surface area contributed by atoms with Gasteiger partial charge in [0.05, 0.1) is 7.11 Å². The summed E-state index contributed by atoms with van der Waals surface area (Å²) in [4.78, 5) is 26.2. The standard InChI is InChI=1S/C18H25NO4/c1-18(2,3)23-17(21)19-14(10-11-15(19)16(20)22-4)12-13-8-6-5-7-9-13/h5-9,14-15H,10-12H2,1-4H3/t14-,15+/m1/s1. The second-order valence-corrected chi connectivity index (χ2v) is 6.85. The van der Waals surface area contributed by atoms with E-state index < -0.39 is 17.7 Å². The maximum Gasteiger partial charge on any atom is 0.411 e. The first kappa shape index (κ1) is 17.3. The maximum absolute atomic E-state index is 12.6. The molecule has 1 fully saturated rings. The van der Waals surface area contributed by atoms with Crippen LogP contribution in [-0.4, -0.2) is 41.8 Å². The highest BCUT2D eigenvalue weighted by Gasteiger charge is 2.43. The number of carbonyl (C=O) groups excluding carboxylic acids is 2. The van der Waals surface area contributed by atoms with Gasteiger partial charge in [0.2, 0.25) is 0 Å². The van der Waals surface area contributed by atoms with Crippen molar-refractivity contribution in [3.63, 3.8) is 0 Å². The number of benzene rings is 1. The van der Waals surface area contributed by atoms with Gasteiger partial charge >= 0.3 is 12.1 Å². The summed E-state index contributed by atoms with van der Waals surface area (Å²) >= 11 is 0. The molecule has 0 saturated carbocycles. The lowest BCUT2D eigenvalue weighted by atomic mass is 10.0. The Labute approximate surface area is 137 Å². The van der Waals surface area contributed by atoms with Crippen LogP contribution < -0.4 is 0 Å². The molecule has 1 amide bonds. The molecule has 0 aliphatic carbocycles. The molecule has 0 unspecified atom stereocenters. The van der Waals surface area contributed by atoms with Gasteiger partial charge in [0.25, 0.3) is 0 Å². The minimum atomic E-state index is -0.600. The van der Waals surface area contributed by atoms with Crippen molar-refractivity contribution in [2.24, 2.45) is 0 Å². The highest BCUT2D eigenvalue weighted by molar-refractivity contribution is 5.82. The Morgan fingerprint density at radius 3 is 2.39 bits per heavy atom. The summed E-state index contributed by atoms with van der Waals surface area (Å²) in [6, 6.07) is 9.33. The van der Waals surface area contributed by atoms with E-state index in [1.54, 1.807) is 4.90 Å². The third-order valence-corrected chi connectivity index (χ3v) is 3.89. The first-order chi connectivity index (χ1) is 10.8. The average molecular weight is 319 g/mol. The molecular formula is C18H25NO4. The molecule has 1 aromatic carbocycles. The SMILES string of the molecule is COC(=O)[C@@H]1CC[C@H](Cc2ccccc2)N1C(=O)OC(C)(C)C. The molecule has 5 heteroatoms. The number of nitrogens with zero attached hydrogens (tertiary/aromatic N) is 1. The number of rotatable bonds is 3. The summed E-state index contributed by atoms with van der Waals surface area (Å²) in [5.41, 5.74) is 0.536. The molecule has 1 saturated heterocycles. The predicted molar refractivity (Wildman–Crippen MR) is 87.0 cm³/mol. The Hall–Kier alpha value is -2.04. The van der Waals surface area contributed by atoms with Crippen LogP contribution in [0.2, 0.25) is 0 Å². The fourth-order valence-electron chi connectivity index (χ4n) is 2.93. The predicted octanol–water partition coefficient (Wildman–Crippen LogP) is 3.17. The van der Waals surface area contributed by atoms with Crippen molar-refractivity contribution in [2.75, 3.05) is 7.11 Å². The molecule has 1 heterocycles. The third-order valence-electron chi connectivity index (χ3n) is 3.89. The molecule has 1 aromatic rings. The zero-order chi connectivity index (χ0) is 17.0. The number of methoxy groups -OCH3 is 1. The van der Waals surface area contributed by atoms with Gasteiger partial charge < -0.3 is 9.47 Å². The van der Waals surface area contributed by atoms with Crippen molar-refractivity contribution in [1.82, 2.24) is 4.90 Å². The van der Waals surface area contributed by atoms with E-state index in [2.05, 4.69) is 0 Å². The van der Waals surface area contributed by atoms with Crippen LogP contribution in [0.3, 0.4) is 0 Å². The number of esters is 1. The van der Waals surface area contributed by atoms with Crippen LogP contribution in [0.15, 0.2) is 30.3 Å². The number of hydrogen-bond acceptors (Lipinski definition) is 4. The molecule has 1 aliphatic heterocycles. The first-order valence-corrected chi connectivity index (χ1v) is 7.95. The van der Waals surface area contributed by atoms with E-state index in [4.69, 9.17) is 9.47 Å². The third kappa shape index (κ3) is 4.47. The molecular weight excluding hydrogens is 294 g/mol. The molecule has 0 radical (unpaired) electrons. The number of hydrogen-bond donors (Lipinski definition) is 0. The Morgan fingerprint density at radius 1 is 1.17 bits per heavy atom. The summed E-state index contributed by atoms with van der Waals surface area (Å²) in [6.07, 6.45) is 1.61. The molecule has 0 bridgehead atoms. The molecule has 0 spiro atoms. The lowest BCUT2D eigenvalue weighted by Crippen LogP contribution is -2.48. The monoisotopic (exact) mass is 319 g/mol. The van der Waals surface area contributed by atoms with Crippen LogP contribution >= 0.6 is 0 Å². The zero-order valence-corrected chi connectivity index (χ0v) is 14.2. The van der Waals surface area contributed by atoms with Gasteiger partial charge in [-0.3, -0.25) is 4.90 Å². The minimum Gasteiger partial charge on any atom is -0.467 e. The molecule has 0 N–H and O–H groups in total. The summed E-state index contributed by atoms with van der Waals surface area (Å²) in [7, 11) is 1.35. The molecule has 126 valence electrons. The number of carbonyl (C=O) groups is 2. The number of amides is 1. The topological polar surface area (TPSA) is 55.8 Å². The smallest absolute Gasteiger partial charge is 0.411 e. The second kappa shape index (κ2) is 7.02. The van der Waals surface area contributed by atoms with Crippen molar-refractivity contribution >= 4 is 12.1 Å². The van der Waals surface area contributed by atoms with Crippen LogP contribution in [0, 0.1) is 0 Å². The molecule has 0 aromatic heterocycles. The van der Waals surface area contributed by atoms with Gasteiger partial charge in [-0.1, -0.05) is 30.3 Å². The lowest BCUT2D eigenvalue weighted by molar-refractivity contribution is -0.146. The van der Waals surface area contributed by atoms with E-state index in [-0.39, 0.29) is 12.0 Å². The van der Waals surface area contributed by atoms with E-state index in [0.717, 1.165) is 12.0 Å². The van der Waals surface area contributed by atoms with Crippen molar-refractivity contribution in [3.8, 4) is 0 Å². The van der Waals surface area contributed by atoms with Crippen LogP contribution in [0.25, 0.3) is 0 Å². The molecule has 1 aliphatic rings. The van der Waals surface area contributed by atoms with Gasteiger partial charge in [-0.15, -0.1) is 0 Å². The molecule has 2 rings (SSSR count). The summed E-state index contributed by atoms with van der Waals surface area (Å²) in [5, 5.41) is 0. The Morgan fingerprint density at radius 2 is 1.83 bits per heavy atom. The van der Waals surface area contributed by atoms with Gasteiger partial charge in [-0.2, -0.15) is 0 Å². The van der Waals surface area contributed by atoms with Crippen molar-refractivity contribution in [3.05, 3.63) is 35.9 Å². The van der Waals surface area contributed by atoms with Crippen molar-refractivity contribution in [1.29, 1.82) is 0 Å². The normalized spacial score (nSPS) is 21.1. The maximum atomic E-state index is 12.6. The second-order valence-electron chi connectivity index (χ2n) is 6.85. The van der Waals surface area contributed by atoms with Gasteiger partial charge in [0.15, 0.2) is 0 Å². The van der Waals surface area contributed by atoms with Crippen LogP contribution in [0.1, 0.15) is 39.2 Å². The molecule has 23 heavy (non-hydrogen) atoms. The fourth-order valence-corrected chi connectivity index (χ4v) is 2.93. The Balaban J connectivity index is 2.19. The largest absolute Gasteiger partial charge is 0.467 e. The van der Waals surface area contributed by atoms with E-state index in [0.29, 0.717) is 12.8 Å². The fraction of sp³-hybridized carbons (Fsp3) is 0.556. The molecule has 5 nitrogen and oxygen atoms in total. The quantitative estimate of drug-likeness (QED) is 0.803. The van der Waals surface area contributed by atoms with Gasteiger partial charge in [0, 0.05) is 6.04 Å².